The summed E-state index contributed by atoms with van der Waals surface area (Å²) in [6.45, 7) is 2.69. The number of benzene rings is 3. The Morgan fingerprint density at radius 1 is 1.00 bits per heavy atom. The van der Waals surface area contributed by atoms with Gasteiger partial charge in [-0.3, -0.25) is 9.59 Å². The summed E-state index contributed by atoms with van der Waals surface area (Å²) in [7, 11) is 0. The number of carbonyl (C=O) groups is 2. The number of thioether (sulfide) groups is 1. The topological polar surface area (TPSA) is 88.9 Å². The van der Waals surface area contributed by atoms with Crippen molar-refractivity contribution in [2.75, 3.05) is 11.1 Å². The highest BCUT2D eigenvalue weighted by Gasteiger charge is 2.15. The Morgan fingerprint density at radius 2 is 1.76 bits per heavy atom. The predicted octanol–water partition coefficient (Wildman–Crippen LogP) is 4.25. The molecule has 0 atom stereocenters. The van der Waals surface area contributed by atoms with Crippen molar-refractivity contribution in [1.82, 2.24) is 20.1 Å². The molecule has 1 aromatic heterocycles. The van der Waals surface area contributed by atoms with E-state index in [1.165, 1.54) is 36.0 Å². The van der Waals surface area contributed by atoms with Crippen molar-refractivity contribution in [3.8, 4) is 0 Å². The highest BCUT2D eigenvalue weighted by Crippen LogP contribution is 2.24. The van der Waals surface area contributed by atoms with E-state index in [0.717, 1.165) is 16.5 Å². The molecule has 168 valence electrons. The molecular formula is C24H22FN5O2S. The maximum absolute atomic E-state index is 13.0. The van der Waals surface area contributed by atoms with E-state index < -0.39 is 5.82 Å². The lowest BCUT2D eigenvalue weighted by molar-refractivity contribution is -0.113. The van der Waals surface area contributed by atoms with Crippen LogP contribution in [0, 0.1) is 5.82 Å². The lowest BCUT2D eigenvalue weighted by atomic mass is 10.1. The fourth-order valence-electron chi connectivity index (χ4n) is 3.39. The van der Waals surface area contributed by atoms with Gasteiger partial charge in [-0.1, -0.05) is 48.2 Å². The number of aromatic nitrogens is 3. The van der Waals surface area contributed by atoms with Crippen LogP contribution in [-0.4, -0.2) is 32.3 Å². The number of halogens is 1. The number of hydrogen-bond donors (Lipinski definition) is 2. The first-order valence-electron chi connectivity index (χ1n) is 10.4. The first-order valence-corrected chi connectivity index (χ1v) is 11.4. The molecule has 0 bridgehead atoms. The smallest absolute Gasteiger partial charge is 0.251 e. The zero-order valence-electron chi connectivity index (χ0n) is 17.9. The zero-order valence-corrected chi connectivity index (χ0v) is 18.7. The van der Waals surface area contributed by atoms with Gasteiger partial charge in [0.1, 0.15) is 5.82 Å². The Kier molecular flexibility index (Phi) is 6.99. The molecule has 1 heterocycles. The largest absolute Gasteiger partial charge is 0.345 e. The van der Waals surface area contributed by atoms with E-state index in [1.807, 2.05) is 54.0 Å². The van der Waals surface area contributed by atoms with Crippen molar-refractivity contribution < 1.29 is 14.0 Å². The summed E-state index contributed by atoms with van der Waals surface area (Å²) in [6, 6.07) is 19.0. The summed E-state index contributed by atoms with van der Waals surface area (Å²) in [4.78, 5) is 24.8. The van der Waals surface area contributed by atoms with E-state index >= 15 is 0 Å². The first kappa shape index (κ1) is 22.5. The SMILES string of the molecule is CCn1c(CNC(=O)c2ccc(F)cc2)nnc1SCC(=O)Nc1cccc2ccccc12. The van der Waals surface area contributed by atoms with Crippen molar-refractivity contribution >= 4 is 40.0 Å². The number of nitrogens with zero attached hydrogens (tertiary/aromatic N) is 3. The first-order chi connectivity index (χ1) is 16.0. The van der Waals surface area contributed by atoms with Crippen LogP contribution in [0.15, 0.2) is 71.9 Å². The standard InChI is InChI=1S/C24H22FN5O2S/c1-2-30-21(14-26-23(32)17-10-12-18(25)13-11-17)28-29-24(30)33-15-22(31)27-20-9-5-7-16-6-3-4-8-19(16)20/h3-13H,2,14-15H2,1H3,(H,26,32)(H,27,31). The molecule has 33 heavy (non-hydrogen) atoms. The van der Waals surface area contributed by atoms with Crippen LogP contribution >= 0.6 is 11.8 Å². The van der Waals surface area contributed by atoms with Crippen molar-refractivity contribution in [3.63, 3.8) is 0 Å². The van der Waals surface area contributed by atoms with Gasteiger partial charge in [-0.05, 0) is 42.6 Å². The highest BCUT2D eigenvalue weighted by atomic mass is 32.2. The number of fused-ring (bicyclic) bond motifs is 1. The van der Waals surface area contributed by atoms with Crippen LogP contribution in [0.1, 0.15) is 23.1 Å². The maximum Gasteiger partial charge on any atom is 0.251 e. The molecule has 0 saturated heterocycles. The zero-order chi connectivity index (χ0) is 23.2. The number of anilines is 1. The number of carbonyl (C=O) groups excluding carboxylic acids is 2. The maximum atomic E-state index is 13.0. The second-order valence-corrected chi connectivity index (χ2v) is 8.14. The summed E-state index contributed by atoms with van der Waals surface area (Å²) in [5.41, 5.74) is 1.12. The third-order valence-electron chi connectivity index (χ3n) is 5.02. The van der Waals surface area contributed by atoms with Crippen molar-refractivity contribution in [3.05, 3.63) is 83.9 Å². The van der Waals surface area contributed by atoms with Crippen LogP contribution in [0.3, 0.4) is 0 Å². The van der Waals surface area contributed by atoms with E-state index in [1.54, 1.807) is 0 Å². The Balaban J connectivity index is 1.36. The minimum Gasteiger partial charge on any atom is -0.345 e. The lowest BCUT2D eigenvalue weighted by Gasteiger charge is -2.10. The molecule has 3 aromatic carbocycles. The molecule has 0 radical (unpaired) electrons. The van der Waals surface area contributed by atoms with Gasteiger partial charge in [-0.2, -0.15) is 0 Å². The average Bonchev–Trinajstić information content (AvgIpc) is 3.23. The second kappa shape index (κ2) is 10.3. The van der Waals surface area contributed by atoms with Crippen LogP contribution in [0.5, 0.6) is 0 Å². The predicted molar refractivity (Wildman–Crippen MR) is 127 cm³/mol. The molecule has 0 aliphatic rings. The van der Waals surface area contributed by atoms with Gasteiger partial charge in [0, 0.05) is 23.2 Å². The quantitative estimate of drug-likeness (QED) is 0.382. The van der Waals surface area contributed by atoms with Gasteiger partial charge < -0.3 is 15.2 Å². The van der Waals surface area contributed by atoms with E-state index in [2.05, 4.69) is 20.8 Å². The van der Waals surface area contributed by atoms with Crippen LogP contribution in [-0.2, 0) is 17.9 Å². The second-order valence-electron chi connectivity index (χ2n) is 7.20. The van der Waals surface area contributed by atoms with Crippen molar-refractivity contribution in [1.29, 1.82) is 0 Å². The molecule has 0 spiro atoms. The Bertz CT molecular complexity index is 1280. The molecule has 7 nitrogen and oxygen atoms in total. The molecular weight excluding hydrogens is 441 g/mol. The summed E-state index contributed by atoms with van der Waals surface area (Å²) in [6.07, 6.45) is 0. The Labute approximate surface area is 194 Å². The number of rotatable bonds is 8. The van der Waals surface area contributed by atoms with E-state index in [4.69, 9.17) is 0 Å². The van der Waals surface area contributed by atoms with Gasteiger partial charge in [-0.15, -0.1) is 10.2 Å². The third-order valence-corrected chi connectivity index (χ3v) is 5.99. The van der Waals surface area contributed by atoms with Crippen molar-refractivity contribution in [2.24, 2.45) is 0 Å². The molecule has 2 amide bonds. The molecule has 9 heteroatoms. The fraction of sp³-hybridized carbons (Fsp3) is 0.167. The van der Waals surface area contributed by atoms with Gasteiger partial charge in [0.25, 0.3) is 5.91 Å². The normalized spacial score (nSPS) is 10.8. The van der Waals surface area contributed by atoms with Crippen LogP contribution in [0.4, 0.5) is 10.1 Å². The van der Waals surface area contributed by atoms with Crippen molar-refractivity contribution in [2.45, 2.75) is 25.2 Å². The molecule has 0 unspecified atom stereocenters. The Morgan fingerprint density at radius 3 is 2.55 bits per heavy atom. The number of nitrogens with one attached hydrogen (secondary N) is 2. The summed E-state index contributed by atoms with van der Waals surface area (Å²) in [5, 5.41) is 16.7. The molecule has 0 saturated carbocycles. The van der Waals surface area contributed by atoms with Gasteiger partial charge in [-0.25, -0.2) is 4.39 Å². The fourth-order valence-corrected chi connectivity index (χ4v) is 4.21. The van der Waals surface area contributed by atoms with Crippen LogP contribution < -0.4 is 10.6 Å². The molecule has 0 fully saturated rings. The minimum atomic E-state index is -0.400. The monoisotopic (exact) mass is 463 g/mol. The highest BCUT2D eigenvalue weighted by molar-refractivity contribution is 7.99. The van der Waals surface area contributed by atoms with Gasteiger partial charge >= 0.3 is 0 Å². The Hall–Kier alpha value is -3.72. The summed E-state index contributed by atoms with van der Waals surface area (Å²) >= 11 is 1.28. The van der Waals surface area contributed by atoms with Crippen LogP contribution in [0.2, 0.25) is 0 Å². The summed E-state index contributed by atoms with van der Waals surface area (Å²) < 4.78 is 14.9. The van der Waals surface area contributed by atoms with Gasteiger partial charge in [0.05, 0.1) is 12.3 Å². The molecule has 0 aliphatic heterocycles. The number of hydrogen-bond acceptors (Lipinski definition) is 5. The van der Waals surface area contributed by atoms with E-state index in [9.17, 15) is 14.0 Å². The van der Waals surface area contributed by atoms with Crippen LogP contribution in [0.25, 0.3) is 10.8 Å². The van der Waals surface area contributed by atoms with Gasteiger partial charge in [0.15, 0.2) is 11.0 Å². The minimum absolute atomic E-state index is 0.145. The average molecular weight is 464 g/mol. The summed E-state index contributed by atoms with van der Waals surface area (Å²) in [5.74, 6) is -0.130. The molecule has 2 N–H and O–H groups in total. The number of amides is 2. The lowest BCUT2D eigenvalue weighted by Crippen LogP contribution is -2.24. The molecule has 0 aliphatic carbocycles. The van der Waals surface area contributed by atoms with E-state index in [0.29, 0.717) is 23.1 Å². The molecule has 4 aromatic rings. The van der Waals surface area contributed by atoms with Gasteiger partial charge in [0.2, 0.25) is 5.91 Å². The third kappa shape index (κ3) is 5.38. The van der Waals surface area contributed by atoms with E-state index in [-0.39, 0.29) is 24.1 Å². The molecule has 4 rings (SSSR count).